The van der Waals surface area contributed by atoms with Crippen LogP contribution >= 0.6 is 0 Å². The molecule has 0 radical (unpaired) electrons. The number of benzene rings is 1. The molecule has 0 aliphatic carbocycles. The Hall–Kier alpha value is -1.42. The van der Waals surface area contributed by atoms with Crippen LogP contribution in [0.15, 0.2) is 18.2 Å². The fraction of sp³-hybridized carbons (Fsp3) is 0.600. The molecule has 4 heteroatoms. The van der Waals surface area contributed by atoms with E-state index in [1.165, 1.54) is 0 Å². The van der Waals surface area contributed by atoms with E-state index < -0.39 is 0 Å². The normalized spacial score (nSPS) is 25.2. The summed E-state index contributed by atoms with van der Waals surface area (Å²) in [5.41, 5.74) is 1.10. The van der Waals surface area contributed by atoms with Gasteiger partial charge in [0.15, 0.2) is 11.5 Å². The van der Waals surface area contributed by atoms with Crippen molar-refractivity contribution < 1.29 is 14.6 Å². The van der Waals surface area contributed by atoms with Gasteiger partial charge >= 0.3 is 0 Å². The Morgan fingerprint density at radius 2 is 1.95 bits per heavy atom. The van der Waals surface area contributed by atoms with Gasteiger partial charge in [-0.1, -0.05) is 0 Å². The van der Waals surface area contributed by atoms with E-state index in [9.17, 15) is 5.11 Å². The second-order valence-corrected chi connectivity index (χ2v) is 5.94. The van der Waals surface area contributed by atoms with Gasteiger partial charge in [0.05, 0.1) is 6.10 Å². The molecule has 0 bridgehead atoms. The van der Waals surface area contributed by atoms with E-state index in [1.807, 2.05) is 12.1 Å². The molecule has 1 atom stereocenters. The molecule has 0 aromatic heterocycles. The van der Waals surface area contributed by atoms with Gasteiger partial charge in [0.2, 0.25) is 0 Å². The highest BCUT2D eigenvalue weighted by Gasteiger charge is 2.34. The molecule has 104 valence electrons. The molecule has 1 saturated heterocycles. The molecule has 1 aromatic rings. The Balaban J connectivity index is 1.89. The number of anilines is 1. The Morgan fingerprint density at radius 1 is 1.21 bits per heavy atom. The number of ether oxygens (including phenoxy) is 2. The Bertz CT molecular complexity index is 472. The third kappa shape index (κ3) is 2.37. The molecule has 0 saturated carbocycles. The molecular weight excluding hydrogens is 242 g/mol. The van der Waals surface area contributed by atoms with Gasteiger partial charge < -0.3 is 19.5 Å². The SMILES string of the molecule is CC1(C)CC(O)CCN1c1ccc2c(c1)OCCO2. The summed E-state index contributed by atoms with van der Waals surface area (Å²) >= 11 is 0. The second kappa shape index (κ2) is 4.60. The van der Waals surface area contributed by atoms with Gasteiger partial charge in [-0.3, -0.25) is 0 Å². The third-order valence-electron chi connectivity index (χ3n) is 3.99. The van der Waals surface area contributed by atoms with E-state index in [2.05, 4.69) is 24.8 Å². The lowest BCUT2D eigenvalue weighted by molar-refractivity contribution is 0.107. The molecule has 1 N–H and O–H groups in total. The number of piperidine rings is 1. The van der Waals surface area contributed by atoms with Crippen molar-refractivity contribution in [3.63, 3.8) is 0 Å². The van der Waals surface area contributed by atoms with Crippen LogP contribution in [0.5, 0.6) is 11.5 Å². The number of hydrogen-bond acceptors (Lipinski definition) is 4. The predicted octanol–water partition coefficient (Wildman–Crippen LogP) is 2.20. The maximum absolute atomic E-state index is 9.83. The molecule has 1 aromatic carbocycles. The first kappa shape index (κ1) is 12.6. The first-order valence-corrected chi connectivity index (χ1v) is 6.92. The maximum atomic E-state index is 9.83. The van der Waals surface area contributed by atoms with E-state index in [1.54, 1.807) is 0 Å². The monoisotopic (exact) mass is 263 g/mol. The van der Waals surface area contributed by atoms with Crippen molar-refractivity contribution in [2.75, 3.05) is 24.7 Å². The lowest BCUT2D eigenvalue weighted by Gasteiger charge is -2.46. The Labute approximate surface area is 113 Å². The highest BCUT2D eigenvalue weighted by Crippen LogP contribution is 2.38. The van der Waals surface area contributed by atoms with Gasteiger partial charge in [-0.25, -0.2) is 0 Å². The van der Waals surface area contributed by atoms with E-state index in [0.29, 0.717) is 13.2 Å². The standard InChI is InChI=1S/C15H21NO3/c1-15(2)10-12(17)5-6-16(15)11-3-4-13-14(9-11)19-8-7-18-13/h3-4,9,12,17H,5-8,10H2,1-2H3. The van der Waals surface area contributed by atoms with Gasteiger partial charge in [0.25, 0.3) is 0 Å². The average molecular weight is 263 g/mol. The summed E-state index contributed by atoms with van der Waals surface area (Å²) in [5, 5.41) is 9.83. The summed E-state index contributed by atoms with van der Waals surface area (Å²) in [6, 6.07) is 6.10. The van der Waals surface area contributed by atoms with E-state index in [-0.39, 0.29) is 11.6 Å². The summed E-state index contributed by atoms with van der Waals surface area (Å²) in [4.78, 5) is 2.35. The molecule has 2 aliphatic rings. The van der Waals surface area contributed by atoms with Crippen LogP contribution in [-0.4, -0.2) is 36.5 Å². The number of aliphatic hydroxyl groups excluding tert-OH is 1. The van der Waals surface area contributed by atoms with Crippen molar-refractivity contribution in [2.45, 2.75) is 38.3 Å². The second-order valence-electron chi connectivity index (χ2n) is 5.94. The molecule has 0 spiro atoms. The molecule has 19 heavy (non-hydrogen) atoms. The average Bonchev–Trinajstić information content (AvgIpc) is 2.37. The predicted molar refractivity (Wildman–Crippen MR) is 74.1 cm³/mol. The van der Waals surface area contributed by atoms with Crippen molar-refractivity contribution in [1.29, 1.82) is 0 Å². The van der Waals surface area contributed by atoms with Crippen molar-refractivity contribution in [1.82, 2.24) is 0 Å². The van der Waals surface area contributed by atoms with Gasteiger partial charge in [0, 0.05) is 23.8 Å². The molecule has 2 heterocycles. The smallest absolute Gasteiger partial charge is 0.163 e. The van der Waals surface area contributed by atoms with Gasteiger partial charge in [0.1, 0.15) is 13.2 Å². The first-order valence-electron chi connectivity index (χ1n) is 6.92. The number of nitrogens with zero attached hydrogens (tertiary/aromatic N) is 1. The van der Waals surface area contributed by atoms with Gasteiger partial charge in [-0.2, -0.15) is 0 Å². The largest absolute Gasteiger partial charge is 0.486 e. The Morgan fingerprint density at radius 3 is 2.68 bits per heavy atom. The maximum Gasteiger partial charge on any atom is 0.163 e. The van der Waals surface area contributed by atoms with Crippen LogP contribution in [0.4, 0.5) is 5.69 Å². The molecule has 2 aliphatic heterocycles. The van der Waals surface area contributed by atoms with Gasteiger partial charge in [-0.15, -0.1) is 0 Å². The molecule has 3 rings (SSSR count). The van der Waals surface area contributed by atoms with Gasteiger partial charge in [-0.05, 0) is 38.8 Å². The summed E-state index contributed by atoms with van der Waals surface area (Å²) < 4.78 is 11.2. The van der Waals surface area contributed by atoms with Crippen LogP contribution in [0.2, 0.25) is 0 Å². The summed E-state index contributed by atoms with van der Waals surface area (Å²) in [6.07, 6.45) is 1.42. The van der Waals surface area contributed by atoms with E-state index in [0.717, 1.165) is 36.6 Å². The summed E-state index contributed by atoms with van der Waals surface area (Å²) in [7, 11) is 0. The van der Waals surface area contributed by atoms with Crippen molar-refractivity contribution >= 4 is 5.69 Å². The van der Waals surface area contributed by atoms with Crippen LogP contribution in [0.1, 0.15) is 26.7 Å². The van der Waals surface area contributed by atoms with Crippen LogP contribution in [0.3, 0.4) is 0 Å². The number of aliphatic hydroxyl groups is 1. The van der Waals surface area contributed by atoms with Crippen molar-refractivity contribution in [3.05, 3.63) is 18.2 Å². The fourth-order valence-electron chi connectivity index (χ4n) is 3.05. The lowest BCUT2D eigenvalue weighted by Crippen LogP contribution is -2.51. The van der Waals surface area contributed by atoms with Crippen LogP contribution in [-0.2, 0) is 0 Å². The lowest BCUT2D eigenvalue weighted by atomic mass is 9.88. The van der Waals surface area contributed by atoms with Crippen molar-refractivity contribution in [2.24, 2.45) is 0 Å². The minimum atomic E-state index is -0.191. The van der Waals surface area contributed by atoms with E-state index >= 15 is 0 Å². The summed E-state index contributed by atoms with van der Waals surface area (Å²) in [5.74, 6) is 1.65. The third-order valence-corrected chi connectivity index (χ3v) is 3.99. The first-order chi connectivity index (χ1) is 9.06. The highest BCUT2D eigenvalue weighted by molar-refractivity contribution is 5.58. The van der Waals surface area contributed by atoms with Crippen LogP contribution < -0.4 is 14.4 Å². The minimum Gasteiger partial charge on any atom is -0.486 e. The quantitative estimate of drug-likeness (QED) is 0.843. The molecular formula is C15H21NO3. The van der Waals surface area contributed by atoms with E-state index in [4.69, 9.17) is 9.47 Å². The zero-order valence-corrected chi connectivity index (χ0v) is 11.6. The number of rotatable bonds is 1. The number of fused-ring (bicyclic) bond motifs is 1. The van der Waals surface area contributed by atoms with Crippen LogP contribution in [0, 0.1) is 0 Å². The minimum absolute atomic E-state index is 0.0403. The fourth-order valence-corrected chi connectivity index (χ4v) is 3.05. The molecule has 1 unspecified atom stereocenters. The number of hydrogen-bond donors (Lipinski definition) is 1. The zero-order valence-electron chi connectivity index (χ0n) is 11.6. The summed E-state index contributed by atoms with van der Waals surface area (Å²) in [6.45, 7) is 6.44. The zero-order chi connectivity index (χ0) is 13.5. The molecule has 4 nitrogen and oxygen atoms in total. The van der Waals surface area contributed by atoms with Crippen molar-refractivity contribution in [3.8, 4) is 11.5 Å². The molecule has 0 amide bonds. The highest BCUT2D eigenvalue weighted by atomic mass is 16.6. The Kier molecular flexibility index (Phi) is 3.05. The van der Waals surface area contributed by atoms with Crippen LogP contribution in [0.25, 0.3) is 0 Å². The molecule has 1 fully saturated rings. The topological polar surface area (TPSA) is 41.9 Å².